The van der Waals surface area contributed by atoms with Crippen molar-refractivity contribution in [3.8, 4) is 5.75 Å². The fourth-order valence-electron chi connectivity index (χ4n) is 2.71. The standard InChI is InChI=1S/C21H24O5/c1-14(2)10-16-11-17(26-13-15-8-6-5-7-9-15)12-18(20(22)24-3)19(16)21(23)25-4/h5-9,11-12,14H,10,13H2,1-4H3. The van der Waals surface area contributed by atoms with Gasteiger partial charge in [0, 0.05) is 0 Å². The second-order valence-corrected chi connectivity index (χ2v) is 6.36. The van der Waals surface area contributed by atoms with E-state index in [2.05, 4.69) is 0 Å². The van der Waals surface area contributed by atoms with Gasteiger partial charge in [-0.2, -0.15) is 0 Å². The fourth-order valence-corrected chi connectivity index (χ4v) is 2.71. The number of ether oxygens (including phenoxy) is 3. The zero-order valence-corrected chi connectivity index (χ0v) is 15.6. The summed E-state index contributed by atoms with van der Waals surface area (Å²) in [6, 6.07) is 13.0. The van der Waals surface area contributed by atoms with Crippen molar-refractivity contribution in [2.45, 2.75) is 26.9 Å². The molecule has 0 amide bonds. The average molecular weight is 356 g/mol. The van der Waals surface area contributed by atoms with E-state index in [1.54, 1.807) is 6.07 Å². The Morgan fingerprint density at radius 2 is 1.62 bits per heavy atom. The minimum Gasteiger partial charge on any atom is -0.489 e. The van der Waals surface area contributed by atoms with Gasteiger partial charge in [0.1, 0.15) is 12.4 Å². The van der Waals surface area contributed by atoms with E-state index in [0.29, 0.717) is 24.3 Å². The summed E-state index contributed by atoms with van der Waals surface area (Å²) >= 11 is 0. The van der Waals surface area contributed by atoms with Crippen LogP contribution in [0, 0.1) is 5.92 Å². The van der Waals surface area contributed by atoms with Crippen LogP contribution < -0.4 is 4.74 Å². The van der Waals surface area contributed by atoms with Crippen LogP contribution in [0.15, 0.2) is 42.5 Å². The molecule has 0 atom stereocenters. The second kappa shape index (κ2) is 9.04. The summed E-state index contributed by atoms with van der Waals surface area (Å²) in [5, 5.41) is 0. The lowest BCUT2D eigenvalue weighted by molar-refractivity contribution is 0.0553. The normalized spacial score (nSPS) is 10.5. The monoisotopic (exact) mass is 356 g/mol. The van der Waals surface area contributed by atoms with E-state index in [9.17, 15) is 9.59 Å². The van der Waals surface area contributed by atoms with Gasteiger partial charge >= 0.3 is 11.9 Å². The van der Waals surface area contributed by atoms with Crippen molar-refractivity contribution >= 4 is 11.9 Å². The summed E-state index contributed by atoms with van der Waals surface area (Å²) in [5.74, 6) is -0.359. The molecule has 0 aromatic heterocycles. The number of carbonyl (C=O) groups excluding carboxylic acids is 2. The molecule has 0 radical (unpaired) electrons. The lowest BCUT2D eigenvalue weighted by Gasteiger charge is -2.16. The summed E-state index contributed by atoms with van der Waals surface area (Å²) in [7, 11) is 2.57. The molecule has 2 rings (SSSR count). The van der Waals surface area contributed by atoms with Crippen LogP contribution >= 0.6 is 0 Å². The van der Waals surface area contributed by atoms with Crippen LogP contribution in [0.3, 0.4) is 0 Å². The minimum atomic E-state index is -0.597. The summed E-state index contributed by atoms with van der Waals surface area (Å²) in [5.41, 5.74) is 2.10. The quantitative estimate of drug-likeness (QED) is 0.701. The van der Waals surface area contributed by atoms with Gasteiger partial charge in [-0.15, -0.1) is 0 Å². The van der Waals surface area contributed by atoms with Gasteiger partial charge < -0.3 is 14.2 Å². The second-order valence-electron chi connectivity index (χ2n) is 6.36. The Morgan fingerprint density at radius 3 is 2.19 bits per heavy atom. The number of methoxy groups -OCH3 is 2. The average Bonchev–Trinajstić information content (AvgIpc) is 2.65. The number of hydrogen-bond acceptors (Lipinski definition) is 5. The van der Waals surface area contributed by atoms with E-state index in [1.165, 1.54) is 20.3 Å². The van der Waals surface area contributed by atoms with E-state index >= 15 is 0 Å². The molecule has 0 saturated heterocycles. The molecule has 2 aromatic carbocycles. The van der Waals surface area contributed by atoms with E-state index in [1.807, 2.05) is 44.2 Å². The SMILES string of the molecule is COC(=O)c1cc(OCc2ccccc2)cc(CC(C)C)c1C(=O)OC. The summed E-state index contributed by atoms with van der Waals surface area (Å²) in [6.07, 6.45) is 0.608. The first-order valence-corrected chi connectivity index (χ1v) is 8.46. The highest BCUT2D eigenvalue weighted by Gasteiger charge is 2.24. The number of esters is 2. The maximum Gasteiger partial charge on any atom is 0.339 e. The van der Waals surface area contributed by atoms with Crippen LogP contribution in [0.1, 0.15) is 45.7 Å². The molecule has 0 fully saturated rings. The summed E-state index contributed by atoms with van der Waals surface area (Å²) in [6.45, 7) is 4.44. The van der Waals surface area contributed by atoms with Crippen molar-refractivity contribution in [3.05, 3.63) is 64.7 Å². The van der Waals surface area contributed by atoms with Gasteiger partial charge in [0.2, 0.25) is 0 Å². The molecule has 5 nitrogen and oxygen atoms in total. The molecular weight excluding hydrogens is 332 g/mol. The van der Waals surface area contributed by atoms with Crippen LogP contribution in [0.4, 0.5) is 0 Å². The molecule has 0 bridgehead atoms. The van der Waals surface area contributed by atoms with Crippen molar-refractivity contribution in [2.24, 2.45) is 5.92 Å². The highest BCUT2D eigenvalue weighted by molar-refractivity contribution is 6.04. The van der Waals surface area contributed by atoms with Crippen LogP contribution in [-0.2, 0) is 22.5 Å². The van der Waals surface area contributed by atoms with Gasteiger partial charge in [0.05, 0.1) is 25.3 Å². The number of rotatable bonds is 7. The minimum absolute atomic E-state index is 0.153. The summed E-state index contributed by atoms with van der Waals surface area (Å²) < 4.78 is 15.6. The molecule has 0 unspecified atom stereocenters. The van der Waals surface area contributed by atoms with Crippen molar-refractivity contribution in [1.29, 1.82) is 0 Å². The topological polar surface area (TPSA) is 61.8 Å². The molecular formula is C21H24O5. The highest BCUT2D eigenvalue weighted by Crippen LogP contribution is 2.27. The van der Waals surface area contributed by atoms with E-state index < -0.39 is 11.9 Å². The Labute approximate surface area is 153 Å². The molecule has 0 N–H and O–H groups in total. The maximum absolute atomic E-state index is 12.3. The predicted octanol–water partition coefficient (Wildman–Crippen LogP) is 4.04. The van der Waals surface area contributed by atoms with Crippen molar-refractivity contribution in [2.75, 3.05) is 14.2 Å². The molecule has 0 aliphatic carbocycles. The number of benzene rings is 2. The predicted molar refractivity (Wildman–Crippen MR) is 98.4 cm³/mol. The Bertz CT molecular complexity index is 765. The third-order valence-electron chi connectivity index (χ3n) is 3.86. The first kappa shape index (κ1) is 19.5. The van der Waals surface area contributed by atoms with Crippen LogP contribution in [0.2, 0.25) is 0 Å². The largest absolute Gasteiger partial charge is 0.489 e. The van der Waals surface area contributed by atoms with Crippen LogP contribution in [0.5, 0.6) is 5.75 Å². The molecule has 2 aromatic rings. The Morgan fingerprint density at radius 1 is 0.962 bits per heavy atom. The third-order valence-corrected chi connectivity index (χ3v) is 3.86. The molecule has 0 aliphatic rings. The third kappa shape index (κ3) is 4.85. The van der Waals surface area contributed by atoms with Gasteiger partial charge in [0.25, 0.3) is 0 Å². The van der Waals surface area contributed by atoms with Crippen molar-refractivity contribution < 1.29 is 23.8 Å². The molecule has 0 saturated carbocycles. The molecule has 0 aliphatic heterocycles. The van der Waals surface area contributed by atoms with Gasteiger partial charge in [-0.05, 0) is 35.6 Å². The van der Waals surface area contributed by atoms with Crippen LogP contribution in [0.25, 0.3) is 0 Å². The zero-order valence-electron chi connectivity index (χ0n) is 15.6. The van der Waals surface area contributed by atoms with Crippen molar-refractivity contribution in [1.82, 2.24) is 0 Å². The smallest absolute Gasteiger partial charge is 0.339 e. The van der Waals surface area contributed by atoms with E-state index in [-0.39, 0.29) is 17.0 Å². The van der Waals surface area contributed by atoms with E-state index in [0.717, 1.165) is 5.56 Å². The fraction of sp³-hybridized carbons (Fsp3) is 0.333. The van der Waals surface area contributed by atoms with Crippen molar-refractivity contribution in [3.63, 3.8) is 0 Å². The highest BCUT2D eigenvalue weighted by atomic mass is 16.5. The lowest BCUT2D eigenvalue weighted by atomic mass is 9.93. The van der Waals surface area contributed by atoms with Gasteiger partial charge in [-0.1, -0.05) is 44.2 Å². The lowest BCUT2D eigenvalue weighted by Crippen LogP contribution is -2.16. The summed E-state index contributed by atoms with van der Waals surface area (Å²) in [4.78, 5) is 24.5. The molecule has 5 heteroatoms. The molecule has 0 spiro atoms. The Kier molecular flexibility index (Phi) is 6.78. The van der Waals surface area contributed by atoms with Gasteiger partial charge in [-0.25, -0.2) is 9.59 Å². The van der Waals surface area contributed by atoms with E-state index in [4.69, 9.17) is 14.2 Å². The first-order valence-electron chi connectivity index (χ1n) is 8.46. The molecule has 138 valence electrons. The Hall–Kier alpha value is -2.82. The molecule has 0 heterocycles. The Balaban J connectivity index is 2.45. The number of carbonyl (C=O) groups is 2. The number of hydrogen-bond donors (Lipinski definition) is 0. The maximum atomic E-state index is 12.3. The van der Waals surface area contributed by atoms with Crippen LogP contribution in [-0.4, -0.2) is 26.2 Å². The molecule has 26 heavy (non-hydrogen) atoms. The van der Waals surface area contributed by atoms with Gasteiger partial charge in [0.15, 0.2) is 0 Å². The first-order chi connectivity index (χ1) is 12.5. The zero-order chi connectivity index (χ0) is 19.1. The van der Waals surface area contributed by atoms with Gasteiger partial charge in [-0.3, -0.25) is 0 Å².